The zero-order valence-electron chi connectivity index (χ0n) is 21.2. The summed E-state index contributed by atoms with van der Waals surface area (Å²) >= 11 is 0. The first kappa shape index (κ1) is 24.1. The highest BCUT2D eigenvalue weighted by Crippen LogP contribution is 2.44. The average molecular weight is 451 g/mol. The maximum absolute atomic E-state index is 6.63. The van der Waals surface area contributed by atoms with Crippen molar-refractivity contribution in [2.24, 2.45) is 5.92 Å². The number of hydrogen-bond acceptors (Lipinski definition) is 1. The number of ether oxygens (including phenoxy) is 1. The molecule has 1 nitrogen and oxygen atoms in total. The summed E-state index contributed by atoms with van der Waals surface area (Å²) in [5.74, 6) is 2.46. The number of benzene rings is 3. The van der Waals surface area contributed by atoms with Crippen LogP contribution in [0.15, 0.2) is 97.1 Å². The van der Waals surface area contributed by atoms with Crippen LogP contribution >= 0.6 is 0 Å². The van der Waals surface area contributed by atoms with Gasteiger partial charge in [-0.05, 0) is 54.4 Å². The summed E-state index contributed by atoms with van der Waals surface area (Å²) in [5, 5.41) is 0. The highest BCUT2D eigenvalue weighted by molar-refractivity contribution is 5.53. The summed E-state index contributed by atoms with van der Waals surface area (Å²) < 4.78 is 6.63. The van der Waals surface area contributed by atoms with Crippen LogP contribution in [0.4, 0.5) is 0 Å². The van der Waals surface area contributed by atoms with Crippen LogP contribution in [0.1, 0.15) is 86.6 Å². The highest BCUT2D eigenvalue weighted by atomic mass is 16.5. The van der Waals surface area contributed by atoms with Gasteiger partial charge in [-0.25, -0.2) is 0 Å². The van der Waals surface area contributed by atoms with E-state index < -0.39 is 0 Å². The molecule has 0 fully saturated rings. The van der Waals surface area contributed by atoms with Crippen LogP contribution in [-0.2, 0) is 0 Å². The van der Waals surface area contributed by atoms with Gasteiger partial charge in [-0.1, -0.05) is 118 Å². The van der Waals surface area contributed by atoms with E-state index in [-0.39, 0.29) is 12.0 Å². The molecule has 0 saturated heterocycles. The molecular weight excluding hydrogens is 412 g/mol. The van der Waals surface area contributed by atoms with E-state index in [1.54, 1.807) is 0 Å². The molecule has 4 unspecified atom stereocenters. The van der Waals surface area contributed by atoms with E-state index in [0.29, 0.717) is 17.8 Å². The molecule has 0 aliphatic heterocycles. The van der Waals surface area contributed by atoms with E-state index in [2.05, 4.69) is 132 Å². The summed E-state index contributed by atoms with van der Waals surface area (Å²) in [5.41, 5.74) is 6.64. The third kappa shape index (κ3) is 5.36. The second-order valence-corrected chi connectivity index (χ2v) is 9.96. The SMILES string of the molecule is CC(C)Oc1c(C(C)c2ccccc2)cc(C(C)c2ccccc2)cc1C(C)C1C=CC=CC1. The van der Waals surface area contributed by atoms with Gasteiger partial charge in [0.25, 0.3) is 0 Å². The first-order valence-corrected chi connectivity index (χ1v) is 12.7. The Balaban J connectivity index is 1.89. The molecule has 1 aliphatic carbocycles. The standard InChI is InChI=1S/C33H38O/c1-23(2)34-33-31(25(4)28-17-11-7-12-18-28)21-30(24(3)27-15-9-6-10-16-27)22-32(33)26(5)29-19-13-8-14-20-29/h6-19,21-26,29H,20H2,1-5H3. The highest BCUT2D eigenvalue weighted by Gasteiger charge is 2.27. The Morgan fingerprint density at radius 2 is 1.26 bits per heavy atom. The van der Waals surface area contributed by atoms with E-state index in [1.807, 2.05) is 0 Å². The van der Waals surface area contributed by atoms with E-state index in [0.717, 1.165) is 12.2 Å². The molecule has 3 aromatic carbocycles. The summed E-state index contributed by atoms with van der Waals surface area (Å²) in [7, 11) is 0. The Labute approximate surface area is 206 Å². The Morgan fingerprint density at radius 3 is 1.82 bits per heavy atom. The van der Waals surface area contributed by atoms with Gasteiger partial charge < -0.3 is 4.74 Å². The molecule has 1 aliphatic rings. The molecule has 0 bridgehead atoms. The second-order valence-electron chi connectivity index (χ2n) is 9.96. The van der Waals surface area contributed by atoms with Crippen molar-refractivity contribution in [1.82, 2.24) is 0 Å². The summed E-state index contributed by atoms with van der Waals surface area (Å²) in [6, 6.07) is 26.5. The van der Waals surface area contributed by atoms with E-state index in [1.165, 1.54) is 27.8 Å². The van der Waals surface area contributed by atoms with Crippen LogP contribution in [-0.4, -0.2) is 6.10 Å². The van der Waals surface area contributed by atoms with Crippen molar-refractivity contribution in [3.05, 3.63) is 125 Å². The minimum absolute atomic E-state index is 0.117. The van der Waals surface area contributed by atoms with Crippen molar-refractivity contribution in [3.8, 4) is 5.75 Å². The number of allylic oxidation sites excluding steroid dienone is 4. The maximum Gasteiger partial charge on any atom is 0.126 e. The molecule has 0 aromatic heterocycles. The summed E-state index contributed by atoms with van der Waals surface area (Å²) in [6.45, 7) is 11.3. The van der Waals surface area contributed by atoms with Crippen LogP contribution in [0.3, 0.4) is 0 Å². The minimum Gasteiger partial charge on any atom is -0.490 e. The Bertz CT molecular complexity index is 1120. The molecule has 34 heavy (non-hydrogen) atoms. The third-order valence-corrected chi connectivity index (χ3v) is 7.23. The van der Waals surface area contributed by atoms with Crippen LogP contribution in [0.2, 0.25) is 0 Å². The first-order chi connectivity index (χ1) is 16.5. The van der Waals surface area contributed by atoms with Crippen molar-refractivity contribution in [1.29, 1.82) is 0 Å². The van der Waals surface area contributed by atoms with Crippen LogP contribution in [0.25, 0.3) is 0 Å². The van der Waals surface area contributed by atoms with Crippen LogP contribution < -0.4 is 4.74 Å². The van der Waals surface area contributed by atoms with E-state index in [9.17, 15) is 0 Å². The minimum atomic E-state index is 0.117. The zero-order valence-corrected chi connectivity index (χ0v) is 21.2. The van der Waals surface area contributed by atoms with Gasteiger partial charge in [0.05, 0.1) is 6.10 Å². The Kier molecular flexibility index (Phi) is 7.73. The van der Waals surface area contributed by atoms with E-state index >= 15 is 0 Å². The number of rotatable bonds is 8. The smallest absolute Gasteiger partial charge is 0.126 e. The first-order valence-electron chi connectivity index (χ1n) is 12.7. The van der Waals surface area contributed by atoms with E-state index in [4.69, 9.17) is 4.74 Å². The summed E-state index contributed by atoms with van der Waals surface area (Å²) in [6.07, 6.45) is 10.2. The average Bonchev–Trinajstić information content (AvgIpc) is 2.88. The van der Waals surface area contributed by atoms with Crippen LogP contribution in [0.5, 0.6) is 5.75 Å². The molecule has 0 N–H and O–H groups in total. The van der Waals surface area contributed by atoms with Crippen LogP contribution in [0, 0.1) is 5.92 Å². The van der Waals surface area contributed by atoms with Gasteiger partial charge in [0.15, 0.2) is 0 Å². The number of hydrogen-bond donors (Lipinski definition) is 0. The lowest BCUT2D eigenvalue weighted by Crippen LogP contribution is -2.16. The van der Waals surface area contributed by atoms with Crippen molar-refractivity contribution >= 4 is 0 Å². The molecule has 3 aromatic rings. The van der Waals surface area contributed by atoms with Crippen molar-refractivity contribution in [2.45, 2.75) is 64.9 Å². The fourth-order valence-corrected chi connectivity index (χ4v) is 5.04. The van der Waals surface area contributed by atoms with Crippen molar-refractivity contribution in [2.75, 3.05) is 0 Å². The lowest BCUT2D eigenvalue weighted by atomic mass is 9.78. The van der Waals surface area contributed by atoms with Crippen molar-refractivity contribution < 1.29 is 4.74 Å². The fourth-order valence-electron chi connectivity index (χ4n) is 5.04. The lowest BCUT2D eigenvalue weighted by Gasteiger charge is -2.30. The Morgan fingerprint density at radius 1 is 0.676 bits per heavy atom. The topological polar surface area (TPSA) is 9.23 Å². The van der Waals surface area contributed by atoms with Crippen molar-refractivity contribution in [3.63, 3.8) is 0 Å². The zero-order chi connectivity index (χ0) is 24.1. The quantitative estimate of drug-likeness (QED) is 0.333. The molecule has 0 spiro atoms. The molecule has 0 heterocycles. The lowest BCUT2D eigenvalue weighted by molar-refractivity contribution is 0.234. The molecule has 4 atom stereocenters. The Hall–Kier alpha value is -3.06. The molecule has 4 rings (SSSR count). The predicted molar refractivity (Wildman–Crippen MR) is 145 cm³/mol. The monoisotopic (exact) mass is 450 g/mol. The maximum atomic E-state index is 6.63. The normalized spacial score (nSPS) is 18.0. The van der Waals surface area contributed by atoms with Gasteiger partial charge in [0.2, 0.25) is 0 Å². The largest absolute Gasteiger partial charge is 0.490 e. The van der Waals surface area contributed by atoms with Gasteiger partial charge in [-0.15, -0.1) is 0 Å². The predicted octanol–water partition coefficient (Wildman–Crippen LogP) is 9.01. The fraction of sp³-hybridized carbons (Fsp3) is 0.333. The van der Waals surface area contributed by atoms with Gasteiger partial charge >= 0.3 is 0 Å². The van der Waals surface area contributed by atoms with Gasteiger partial charge in [-0.3, -0.25) is 0 Å². The molecule has 0 amide bonds. The third-order valence-electron chi connectivity index (χ3n) is 7.23. The molecule has 1 heteroatoms. The second kappa shape index (κ2) is 10.9. The molecule has 176 valence electrons. The molecule has 0 saturated carbocycles. The van der Waals surface area contributed by atoms with Gasteiger partial charge in [-0.2, -0.15) is 0 Å². The molecule has 0 radical (unpaired) electrons. The van der Waals surface area contributed by atoms with Gasteiger partial charge in [0, 0.05) is 17.4 Å². The van der Waals surface area contributed by atoms with Gasteiger partial charge in [0.1, 0.15) is 5.75 Å². The molecular formula is C33H38O. The summed E-state index contributed by atoms with van der Waals surface area (Å²) in [4.78, 5) is 0.